The van der Waals surface area contributed by atoms with Gasteiger partial charge in [-0.15, -0.1) is 0 Å². The van der Waals surface area contributed by atoms with E-state index in [9.17, 15) is 0 Å². The van der Waals surface area contributed by atoms with Crippen LogP contribution in [0.5, 0.6) is 17.2 Å². The molecule has 0 saturated carbocycles. The molecule has 0 unspecified atom stereocenters. The second-order valence-corrected chi connectivity index (χ2v) is 9.38. The van der Waals surface area contributed by atoms with Gasteiger partial charge in [0.15, 0.2) is 11.5 Å². The number of fused-ring (bicyclic) bond motifs is 3. The van der Waals surface area contributed by atoms with Crippen LogP contribution in [0.25, 0.3) is 11.1 Å². The molecule has 1 aliphatic heterocycles. The summed E-state index contributed by atoms with van der Waals surface area (Å²) in [4.78, 5) is 6.54. The zero-order chi connectivity index (χ0) is 26.2. The first kappa shape index (κ1) is 25.8. The number of hydrogen-bond donors (Lipinski definition) is 0. The van der Waals surface area contributed by atoms with Gasteiger partial charge in [0, 0.05) is 44.0 Å². The van der Waals surface area contributed by atoms with Gasteiger partial charge < -0.3 is 18.9 Å². The summed E-state index contributed by atoms with van der Waals surface area (Å²) >= 11 is 0. The van der Waals surface area contributed by atoms with E-state index >= 15 is 0 Å². The van der Waals surface area contributed by atoms with Gasteiger partial charge in [-0.2, -0.15) is 0 Å². The predicted octanol–water partition coefficient (Wildman–Crippen LogP) is 5.77. The zero-order valence-electron chi connectivity index (χ0n) is 22.1. The van der Waals surface area contributed by atoms with E-state index in [1.165, 1.54) is 11.1 Å². The van der Waals surface area contributed by atoms with Gasteiger partial charge in [0.2, 0.25) is 0 Å². The molecule has 4 aromatic rings. The first-order valence-electron chi connectivity index (χ1n) is 13.0. The molecule has 0 spiro atoms. The highest BCUT2D eigenvalue weighted by molar-refractivity contribution is 5.65. The summed E-state index contributed by atoms with van der Waals surface area (Å²) < 4.78 is 23.4. The molecule has 0 N–H and O–H groups in total. The highest BCUT2D eigenvalue weighted by atomic mass is 16.5. The second-order valence-electron chi connectivity index (χ2n) is 9.38. The average Bonchev–Trinajstić information content (AvgIpc) is 2.95. The fourth-order valence-corrected chi connectivity index (χ4v) is 4.94. The fraction of sp³-hybridized carbons (Fsp3) is 0.281. The van der Waals surface area contributed by atoms with Crippen molar-refractivity contribution < 1.29 is 18.9 Å². The van der Waals surface area contributed by atoms with Crippen LogP contribution in [0.2, 0.25) is 0 Å². The van der Waals surface area contributed by atoms with Crippen LogP contribution in [0.3, 0.4) is 0 Å². The van der Waals surface area contributed by atoms with Gasteiger partial charge in [-0.25, -0.2) is 0 Å². The maximum absolute atomic E-state index is 6.19. The number of aromatic nitrogens is 1. The molecule has 196 valence electrons. The number of ether oxygens (including phenoxy) is 4. The van der Waals surface area contributed by atoms with Crippen molar-refractivity contribution in [1.29, 1.82) is 0 Å². The van der Waals surface area contributed by atoms with Gasteiger partial charge in [0.05, 0.1) is 27.4 Å². The Balaban J connectivity index is 1.42. The lowest BCUT2D eigenvalue weighted by molar-refractivity contribution is 0.0755. The second kappa shape index (κ2) is 12.6. The smallest absolute Gasteiger partial charge is 0.165 e. The van der Waals surface area contributed by atoms with E-state index in [1.807, 2.05) is 36.7 Å². The molecule has 38 heavy (non-hydrogen) atoms. The Morgan fingerprint density at radius 3 is 2.50 bits per heavy atom. The van der Waals surface area contributed by atoms with Crippen molar-refractivity contribution in [3.05, 3.63) is 107 Å². The van der Waals surface area contributed by atoms with Gasteiger partial charge in [-0.3, -0.25) is 9.88 Å². The Kier molecular flexibility index (Phi) is 8.53. The quantitative estimate of drug-likeness (QED) is 0.340. The standard InChI is InChI=1S/C32H34N2O4/c1-35-31-8-4-7-28(32(31)36-2)23-34-15-16-37-17-18-38-30-10-9-27(26-11-13-33-14-12-26)21-29(30)20-24-5-3-6-25(19-24)22-34/h3-14,19,21H,15-18,20,22-23H2,1-2H3. The molecule has 2 bridgehead atoms. The summed E-state index contributed by atoms with van der Waals surface area (Å²) in [6.45, 7) is 3.97. The predicted molar refractivity (Wildman–Crippen MR) is 149 cm³/mol. The zero-order valence-corrected chi connectivity index (χ0v) is 22.1. The van der Waals surface area contributed by atoms with Gasteiger partial charge in [-0.05, 0) is 58.1 Å². The number of para-hydroxylation sites is 1. The number of rotatable bonds is 5. The van der Waals surface area contributed by atoms with Crippen LogP contribution in [-0.2, 0) is 24.2 Å². The van der Waals surface area contributed by atoms with Gasteiger partial charge in [0.25, 0.3) is 0 Å². The molecule has 2 heterocycles. The summed E-state index contributed by atoms with van der Waals surface area (Å²) in [5.74, 6) is 2.42. The lowest BCUT2D eigenvalue weighted by atomic mass is 9.97. The van der Waals surface area contributed by atoms with E-state index in [0.29, 0.717) is 19.8 Å². The van der Waals surface area contributed by atoms with Crippen molar-refractivity contribution in [2.45, 2.75) is 19.5 Å². The fourth-order valence-electron chi connectivity index (χ4n) is 4.94. The highest BCUT2D eigenvalue weighted by Crippen LogP contribution is 2.32. The summed E-state index contributed by atoms with van der Waals surface area (Å²) in [5.41, 5.74) is 7.06. The van der Waals surface area contributed by atoms with Crippen molar-refractivity contribution in [3.8, 4) is 28.4 Å². The summed E-state index contributed by atoms with van der Waals surface area (Å²) in [6, 6.07) is 25.3. The van der Waals surface area contributed by atoms with Crippen LogP contribution in [0.15, 0.2) is 85.2 Å². The van der Waals surface area contributed by atoms with E-state index in [2.05, 4.69) is 58.4 Å². The number of nitrogens with zero attached hydrogens (tertiary/aromatic N) is 2. The molecule has 0 amide bonds. The van der Waals surface area contributed by atoms with Crippen LogP contribution in [0.1, 0.15) is 22.3 Å². The minimum atomic E-state index is 0.505. The topological polar surface area (TPSA) is 53.1 Å². The van der Waals surface area contributed by atoms with Crippen molar-refractivity contribution in [2.24, 2.45) is 0 Å². The summed E-state index contributed by atoms with van der Waals surface area (Å²) in [5, 5.41) is 0. The van der Waals surface area contributed by atoms with Gasteiger partial charge in [0.1, 0.15) is 12.4 Å². The largest absolute Gasteiger partial charge is 0.493 e. The van der Waals surface area contributed by atoms with Crippen molar-refractivity contribution in [3.63, 3.8) is 0 Å². The van der Waals surface area contributed by atoms with Crippen molar-refractivity contribution in [1.82, 2.24) is 9.88 Å². The molecule has 1 aromatic heterocycles. The molecule has 3 aromatic carbocycles. The van der Waals surface area contributed by atoms with E-state index in [4.69, 9.17) is 18.9 Å². The third-order valence-electron chi connectivity index (χ3n) is 6.78. The van der Waals surface area contributed by atoms with Crippen LogP contribution < -0.4 is 14.2 Å². The van der Waals surface area contributed by atoms with E-state index < -0.39 is 0 Å². The Labute approximate surface area is 224 Å². The Hall–Kier alpha value is -3.87. The first-order chi connectivity index (χ1) is 18.7. The maximum Gasteiger partial charge on any atom is 0.165 e. The van der Waals surface area contributed by atoms with Crippen LogP contribution in [0, 0.1) is 0 Å². The first-order valence-corrected chi connectivity index (χ1v) is 13.0. The summed E-state index contributed by atoms with van der Waals surface area (Å²) in [7, 11) is 3.36. The van der Waals surface area contributed by atoms with Gasteiger partial charge in [-0.1, -0.05) is 42.5 Å². The molecular formula is C32H34N2O4. The van der Waals surface area contributed by atoms with Crippen LogP contribution >= 0.6 is 0 Å². The Morgan fingerprint density at radius 1 is 0.816 bits per heavy atom. The molecule has 5 rings (SSSR count). The van der Waals surface area contributed by atoms with E-state index in [1.54, 1.807) is 14.2 Å². The molecular weight excluding hydrogens is 476 g/mol. The van der Waals surface area contributed by atoms with E-state index in [0.717, 1.165) is 65.6 Å². The molecule has 0 aliphatic carbocycles. The molecule has 1 aliphatic rings. The van der Waals surface area contributed by atoms with Crippen molar-refractivity contribution in [2.75, 3.05) is 40.6 Å². The maximum atomic E-state index is 6.19. The van der Waals surface area contributed by atoms with Gasteiger partial charge >= 0.3 is 0 Å². The SMILES string of the molecule is COc1cccc(CN2CCOCCOc3ccc(-c4ccncc4)cc3Cc3cccc(c3)C2)c1OC. The molecule has 6 heteroatoms. The number of hydrogen-bond acceptors (Lipinski definition) is 6. The molecule has 0 saturated heterocycles. The third-order valence-corrected chi connectivity index (χ3v) is 6.78. The summed E-state index contributed by atoms with van der Waals surface area (Å²) in [6.07, 6.45) is 4.43. The minimum Gasteiger partial charge on any atom is -0.493 e. The van der Waals surface area contributed by atoms with Crippen LogP contribution in [-0.4, -0.2) is 50.5 Å². The lowest BCUT2D eigenvalue weighted by Crippen LogP contribution is -2.28. The van der Waals surface area contributed by atoms with E-state index in [-0.39, 0.29) is 0 Å². The molecule has 0 fully saturated rings. The lowest BCUT2D eigenvalue weighted by Gasteiger charge is -2.25. The average molecular weight is 511 g/mol. The highest BCUT2D eigenvalue weighted by Gasteiger charge is 2.16. The van der Waals surface area contributed by atoms with Crippen molar-refractivity contribution >= 4 is 0 Å². The number of benzene rings is 3. The molecule has 6 nitrogen and oxygen atoms in total. The Morgan fingerprint density at radius 2 is 1.66 bits per heavy atom. The molecule has 0 atom stereocenters. The monoisotopic (exact) mass is 510 g/mol. The van der Waals surface area contributed by atoms with Crippen LogP contribution in [0.4, 0.5) is 0 Å². The molecule has 0 radical (unpaired) electrons. The third kappa shape index (κ3) is 6.33. The Bertz CT molecular complexity index is 1340. The normalized spacial score (nSPS) is 14.6. The number of methoxy groups -OCH3 is 2. The number of pyridine rings is 1. The minimum absolute atomic E-state index is 0.505.